The first kappa shape index (κ1) is 19.5. The molecular weight excluding hydrogens is 292 g/mol. The lowest BCUT2D eigenvalue weighted by Crippen LogP contribution is -2.42. The smallest absolute Gasteiger partial charge is 0.407 e. The van der Waals surface area contributed by atoms with Gasteiger partial charge in [0.2, 0.25) is 0 Å². The second-order valence-electron chi connectivity index (χ2n) is 6.62. The van der Waals surface area contributed by atoms with E-state index >= 15 is 0 Å². The van der Waals surface area contributed by atoms with E-state index in [1.165, 1.54) is 5.56 Å². The van der Waals surface area contributed by atoms with Gasteiger partial charge in [-0.2, -0.15) is 0 Å². The number of methoxy groups -OCH3 is 1. The van der Waals surface area contributed by atoms with Crippen LogP contribution in [0.2, 0.25) is 0 Å². The number of amides is 1. The van der Waals surface area contributed by atoms with Crippen molar-refractivity contribution >= 4 is 6.09 Å². The zero-order valence-electron chi connectivity index (χ0n) is 14.9. The van der Waals surface area contributed by atoms with Crippen LogP contribution in [-0.2, 0) is 22.6 Å². The fraction of sp³-hybridized carbons (Fsp3) is 0.611. The number of carbonyl (C=O) groups is 1. The minimum Gasteiger partial charge on any atom is -0.444 e. The number of alkyl carbamates (subject to hydrolysis) is 1. The Kier molecular flexibility index (Phi) is 8.06. The van der Waals surface area contributed by atoms with Gasteiger partial charge in [0, 0.05) is 26.2 Å². The van der Waals surface area contributed by atoms with Gasteiger partial charge in [-0.05, 0) is 38.3 Å². The Morgan fingerprint density at radius 2 is 1.78 bits per heavy atom. The molecule has 5 heteroatoms. The number of nitrogens with one attached hydrogen (secondary N) is 2. The molecule has 0 fully saturated rings. The summed E-state index contributed by atoms with van der Waals surface area (Å²) in [6.07, 6.45) is 0.555. The second kappa shape index (κ2) is 9.53. The van der Waals surface area contributed by atoms with Gasteiger partial charge in [0.25, 0.3) is 0 Å². The third-order valence-corrected chi connectivity index (χ3v) is 3.31. The van der Waals surface area contributed by atoms with Crippen LogP contribution < -0.4 is 10.6 Å². The van der Waals surface area contributed by atoms with Gasteiger partial charge >= 0.3 is 6.09 Å². The van der Waals surface area contributed by atoms with Crippen LogP contribution in [0.5, 0.6) is 0 Å². The summed E-state index contributed by atoms with van der Waals surface area (Å²) in [6.45, 7) is 9.61. The van der Waals surface area contributed by atoms with E-state index in [4.69, 9.17) is 9.47 Å². The predicted octanol–water partition coefficient (Wildman–Crippen LogP) is 3.23. The quantitative estimate of drug-likeness (QED) is 0.771. The van der Waals surface area contributed by atoms with Crippen LogP contribution in [0.25, 0.3) is 0 Å². The lowest BCUT2D eigenvalue weighted by molar-refractivity contribution is 0.0522. The number of rotatable bonds is 8. The molecule has 0 saturated carbocycles. The Bertz CT molecular complexity index is 466. The normalized spacial score (nSPS) is 12.7. The van der Waals surface area contributed by atoms with E-state index in [-0.39, 0.29) is 12.1 Å². The van der Waals surface area contributed by atoms with Crippen LogP contribution in [0.4, 0.5) is 4.79 Å². The Morgan fingerprint density at radius 3 is 2.30 bits per heavy atom. The maximum Gasteiger partial charge on any atom is 0.407 e. The molecule has 0 saturated heterocycles. The first-order chi connectivity index (χ1) is 10.8. The third kappa shape index (κ3) is 8.57. The van der Waals surface area contributed by atoms with Crippen molar-refractivity contribution in [1.82, 2.24) is 10.6 Å². The maximum absolute atomic E-state index is 11.7. The van der Waals surface area contributed by atoms with Crippen molar-refractivity contribution in [1.29, 1.82) is 0 Å². The molecule has 0 radical (unpaired) electrons. The third-order valence-electron chi connectivity index (χ3n) is 3.31. The predicted molar refractivity (Wildman–Crippen MR) is 92.3 cm³/mol. The van der Waals surface area contributed by atoms with Crippen molar-refractivity contribution in [3.05, 3.63) is 35.4 Å². The van der Waals surface area contributed by atoms with E-state index < -0.39 is 5.60 Å². The topological polar surface area (TPSA) is 59.6 Å². The van der Waals surface area contributed by atoms with Gasteiger partial charge in [-0.1, -0.05) is 31.2 Å². The van der Waals surface area contributed by atoms with Crippen molar-refractivity contribution in [3.63, 3.8) is 0 Å². The Morgan fingerprint density at radius 1 is 1.17 bits per heavy atom. The minimum absolute atomic E-state index is 0.209. The van der Waals surface area contributed by atoms with Gasteiger partial charge in [0.1, 0.15) is 5.60 Å². The zero-order valence-corrected chi connectivity index (χ0v) is 14.9. The lowest BCUT2D eigenvalue weighted by Gasteiger charge is -2.22. The fourth-order valence-electron chi connectivity index (χ4n) is 2.06. The number of ether oxygens (including phenoxy) is 2. The summed E-state index contributed by atoms with van der Waals surface area (Å²) in [5, 5.41) is 6.27. The average molecular weight is 322 g/mol. The molecule has 0 bridgehead atoms. The first-order valence-electron chi connectivity index (χ1n) is 8.11. The summed E-state index contributed by atoms with van der Waals surface area (Å²) >= 11 is 0. The first-order valence-corrected chi connectivity index (χ1v) is 8.11. The van der Waals surface area contributed by atoms with Gasteiger partial charge in [0.05, 0.1) is 6.61 Å². The summed E-state index contributed by atoms with van der Waals surface area (Å²) < 4.78 is 10.3. The van der Waals surface area contributed by atoms with Crippen LogP contribution in [-0.4, -0.2) is 31.4 Å². The van der Waals surface area contributed by atoms with Crippen molar-refractivity contribution < 1.29 is 14.3 Å². The Labute approximate surface area is 139 Å². The van der Waals surface area contributed by atoms with Gasteiger partial charge in [-0.25, -0.2) is 4.79 Å². The highest BCUT2D eigenvalue weighted by molar-refractivity contribution is 5.67. The van der Waals surface area contributed by atoms with Gasteiger partial charge in [0.15, 0.2) is 0 Å². The van der Waals surface area contributed by atoms with Crippen molar-refractivity contribution in [2.45, 2.75) is 58.9 Å². The van der Waals surface area contributed by atoms with E-state index in [1.54, 1.807) is 7.11 Å². The molecule has 1 rings (SSSR count). The van der Waals surface area contributed by atoms with E-state index in [1.807, 2.05) is 20.8 Å². The summed E-state index contributed by atoms with van der Waals surface area (Å²) in [4.78, 5) is 11.7. The minimum atomic E-state index is -0.469. The summed E-state index contributed by atoms with van der Waals surface area (Å²) in [6, 6.07) is 8.53. The van der Waals surface area contributed by atoms with Crippen molar-refractivity contribution in [2.24, 2.45) is 0 Å². The highest BCUT2D eigenvalue weighted by Crippen LogP contribution is 2.07. The number of carbonyl (C=O) groups excluding carboxylic acids is 1. The standard InChI is InChI=1S/C18H30N2O3/c1-6-16(12-20-17(21)23-18(2,3)4)19-11-14-7-9-15(10-8-14)13-22-5/h7-10,16,19H,6,11-13H2,1-5H3,(H,20,21). The second-order valence-corrected chi connectivity index (χ2v) is 6.62. The highest BCUT2D eigenvalue weighted by atomic mass is 16.6. The fourth-order valence-corrected chi connectivity index (χ4v) is 2.06. The molecule has 1 amide bonds. The SMILES string of the molecule is CCC(CNC(=O)OC(C)(C)C)NCc1ccc(COC)cc1. The highest BCUT2D eigenvalue weighted by Gasteiger charge is 2.16. The van der Waals surface area contributed by atoms with E-state index in [0.29, 0.717) is 13.2 Å². The molecule has 1 atom stereocenters. The summed E-state index contributed by atoms with van der Waals surface area (Å²) in [5.41, 5.74) is 1.90. The number of benzene rings is 1. The molecule has 23 heavy (non-hydrogen) atoms. The molecule has 0 heterocycles. The van der Waals surface area contributed by atoms with Crippen molar-refractivity contribution in [3.8, 4) is 0 Å². The van der Waals surface area contributed by atoms with Crippen LogP contribution in [0.15, 0.2) is 24.3 Å². The number of hydrogen-bond donors (Lipinski definition) is 2. The summed E-state index contributed by atoms with van der Waals surface area (Å²) in [7, 11) is 1.69. The Hall–Kier alpha value is -1.59. The monoisotopic (exact) mass is 322 g/mol. The maximum atomic E-state index is 11.7. The molecule has 130 valence electrons. The average Bonchev–Trinajstić information content (AvgIpc) is 2.47. The molecule has 0 aliphatic heterocycles. The lowest BCUT2D eigenvalue weighted by atomic mass is 10.1. The molecule has 1 aromatic rings. The number of hydrogen-bond acceptors (Lipinski definition) is 4. The largest absolute Gasteiger partial charge is 0.444 e. The Balaban J connectivity index is 2.37. The van der Waals surface area contributed by atoms with E-state index in [9.17, 15) is 4.79 Å². The van der Waals surface area contributed by atoms with Crippen LogP contribution in [0.1, 0.15) is 45.2 Å². The van der Waals surface area contributed by atoms with Crippen LogP contribution in [0.3, 0.4) is 0 Å². The zero-order chi connectivity index (χ0) is 17.3. The van der Waals surface area contributed by atoms with Crippen molar-refractivity contribution in [2.75, 3.05) is 13.7 Å². The molecule has 0 aromatic heterocycles. The van der Waals surface area contributed by atoms with E-state index in [2.05, 4.69) is 41.8 Å². The molecule has 2 N–H and O–H groups in total. The molecule has 1 unspecified atom stereocenters. The van der Waals surface area contributed by atoms with Gasteiger partial charge < -0.3 is 20.1 Å². The van der Waals surface area contributed by atoms with Gasteiger partial charge in [-0.3, -0.25) is 0 Å². The molecule has 5 nitrogen and oxygen atoms in total. The van der Waals surface area contributed by atoms with Crippen LogP contribution in [0, 0.1) is 0 Å². The van der Waals surface area contributed by atoms with Gasteiger partial charge in [-0.15, -0.1) is 0 Å². The molecule has 0 spiro atoms. The van der Waals surface area contributed by atoms with E-state index in [0.717, 1.165) is 18.5 Å². The molecule has 0 aliphatic rings. The molecule has 1 aromatic carbocycles. The summed E-state index contributed by atoms with van der Waals surface area (Å²) in [5.74, 6) is 0. The van der Waals surface area contributed by atoms with Crippen LogP contribution >= 0.6 is 0 Å². The molecular formula is C18H30N2O3. The molecule has 0 aliphatic carbocycles.